The summed E-state index contributed by atoms with van der Waals surface area (Å²) < 4.78 is 22.7. The molecule has 2 aliphatic rings. The van der Waals surface area contributed by atoms with Gasteiger partial charge in [0.2, 0.25) is 5.91 Å². The predicted octanol–water partition coefficient (Wildman–Crippen LogP) is 8.38. The SMILES string of the molecule is CCCCC/C=C\C/C=C\C/C=C\CCCCCCCCC(=O)NC(COC1OC(CO)C(OC2OC(CO)C(O)C(O)C2O)C(O)C1O)C(O)/C=C/CC/C=C/CC/C=C/CCCCCCCCCC. The van der Waals surface area contributed by atoms with Crippen molar-refractivity contribution in [2.24, 2.45) is 0 Å². The van der Waals surface area contributed by atoms with Gasteiger partial charge in [-0.2, -0.15) is 0 Å². The topological polar surface area (TPSA) is 228 Å². The molecule has 0 spiro atoms. The number of hydrogen-bond acceptors (Lipinski definition) is 13. The van der Waals surface area contributed by atoms with Crippen LogP contribution in [0.5, 0.6) is 0 Å². The highest BCUT2D eigenvalue weighted by Gasteiger charge is 2.51. The van der Waals surface area contributed by atoms with Crippen LogP contribution in [0.25, 0.3) is 0 Å². The van der Waals surface area contributed by atoms with Crippen molar-refractivity contribution in [2.75, 3.05) is 19.8 Å². The molecule has 0 aromatic heterocycles. The van der Waals surface area contributed by atoms with Gasteiger partial charge >= 0.3 is 0 Å². The molecule has 2 fully saturated rings. The Balaban J connectivity index is 1.85. The number of amides is 1. The second-order valence-electron chi connectivity index (χ2n) is 19.3. The van der Waals surface area contributed by atoms with E-state index in [2.05, 4.69) is 79.9 Å². The summed E-state index contributed by atoms with van der Waals surface area (Å²) in [5.74, 6) is -0.269. The number of aliphatic hydroxyl groups excluding tert-OH is 8. The lowest BCUT2D eigenvalue weighted by Crippen LogP contribution is -2.65. The molecular weight excluding hydrogens is 907 g/mol. The molecule has 0 aliphatic carbocycles. The van der Waals surface area contributed by atoms with E-state index in [1.54, 1.807) is 6.08 Å². The lowest BCUT2D eigenvalue weighted by molar-refractivity contribution is -0.359. The Morgan fingerprint density at radius 1 is 0.507 bits per heavy atom. The van der Waals surface area contributed by atoms with E-state index in [-0.39, 0.29) is 18.9 Å². The molecule has 2 heterocycles. The van der Waals surface area contributed by atoms with E-state index in [1.165, 1.54) is 77.0 Å². The van der Waals surface area contributed by atoms with E-state index in [0.717, 1.165) is 77.0 Å². The van der Waals surface area contributed by atoms with Gasteiger partial charge in [-0.15, -0.1) is 0 Å². The normalized spacial score (nSPS) is 26.3. The molecule has 12 atom stereocenters. The van der Waals surface area contributed by atoms with Crippen molar-refractivity contribution in [1.82, 2.24) is 5.32 Å². The Kier molecular flexibility index (Phi) is 38.9. The van der Waals surface area contributed by atoms with Crippen LogP contribution in [0.2, 0.25) is 0 Å². The first-order chi connectivity index (χ1) is 34.6. The van der Waals surface area contributed by atoms with Crippen LogP contribution in [0.4, 0.5) is 0 Å². The van der Waals surface area contributed by atoms with E-state index in [1.807, 2.05) is 6.08 Å². The molecule has 0 aromatic rings. The first kappa shape index (κ1) is 64.5. The van der Waals surface area contributed by atoms with Crippen LogP contribution in [-0.2, 0) is 23.7 Å². The fourth-order valence-corrected chi connectivity index (χ4v) is 8.56. The zero-order valence-corrected chi connectivity index (χ0v) is 43.7. The number of carbonyl (C=O) groups is 1. The highest BCUT2D eigenvalue weighted by molar-refractivity contribution is 5.76. The second kappa shape index (κ2) is 42.8. The maximum absolute atomic E-state index is 13.2. The quantitative estimate of drug-likeness (QED) is 0.0207. The van der Waals surface area contributed by atoms with Crippen molar-refractivity contribution in [1.29, 1.82) is 0 Å². The number of unbranched alkanes of at least 4 members (excludes halogenated alkanes) is 19. The summed E-state index contributed by atoms with van der Waals surface area (Å²) >= 11 is 0. The van der Waals surface area contributed by atoms with Crippen LogP contribution >= 0.6 is 0 Å². The summed E-state index contributed by atoms with van der Waals surface area (Å²) in [6.45, 7) is 2.71. The molecule has 2 rings (SSSR count). The van der Waals surface area contributed by atoms with Gasteiger partial charge in [-0.05, 0) is 83.5 Å². The predicted molar refractivity (Wildman–Crippen MR) is 281 cm³/mol. The third-order valence-electron chi connectivity index (χ3n) is 13.1. The molecule has 0 radical (unpaired) electrons. The number of hydrogen-bond donors (Lipinski definition) is 9. The van der Waals surface area contributed by atoms with Gasteiger partial charge in [0.15, 0.2) is 12.6 Å². The molecule has 71 heavy (non-hydrogen) atoms. The van der Waals surface area contributed by atoms with Gasteiger partial charge in [0.05, 0.1) is 32.0 Å². The lowest BCUT2D eigenvalue weighted by Gasteiger charge is -2.46. The molecule has 0 bridgehead atoms. The van der Waals surface area contributed by atoms with Crippen molar-refractivity contribution < 1.29 is 64.6 Å². The maximum atomic E-state index is 13.2. The summed E-state index contributed by atoms with van der Waals surface area (Å²) in [5.41, 5.74) is 0. The van der Waals surface area contributed by atoms with Crippen LogP contribution in [0, 0.1) is 0 Å². The number of aliphatic hydroxyl groups is 8. The first-order valence-electron chi connectivity index (χ1n) is 27.7. The van der Waals surface area contributed by atoms with Gasteiger partial charge in [0.25, 0.3) is 0 Å². The zero-order chi connectivity index (χ0) is 51.7. The van der Waals surface area contributed by atoms with Crippen LogP contribution in [-0.4, -0.2) is 140 Å². The zero-order valence-electron chi connectivity index (χ0n) is 43.7. The lowest BCUT2D eigenvalue weighted by atomic mass is 9.97. The summed E-state index contributed by atoms with van der Waals surface area (Å²) in [6.07, 6.45) is 37.9. The van der Waals surface area contributed by atoms with Gasteiger partial charge in [-0.1, -0.05) is 170 Å². The molecule has 12 unspecified atom stereocenters. The van der Waals surface area contributed by atoms with Crippen LogP contribution in [0.1, 0.15) is 187 Å². The van der Waals surface area contributed by atoms with E-state index in [0.29, 0.717) is 12.8 Å². The molecule has 9 N–H and O–H groups in total. The molecule has 14 heteroatoms. The van der Waals surface area contributed by atoms with Gasteiger partial charge in [0.1, 0.15) is 48.8 Å². The van der Waals surface area contributed by atoms with Crippen molar-refractivity contribution in [2.45, 2.75) is 261 Å². The van der Waals surface area contributed by atoms with Crippen LogP contribution in [0.3, 0.4) is 0 Å². The smallest absolute Gasteiger partial charge is 0.220 e. The fraction of sp³-hybridized carbons (Fsp3) is 0.772. The molecule has 1 amide bonds. The van der Waals surface area contributed by atoms with Gasteiger partial charge < -0.3 is 65.1 Å². The average molecular weight is 1010 g/mol. The van der Waals surface area contributed by atoms with Crippen LogP contribution in [0.15, 0.2) is 72.9 Å². The van der Waals surface area contributed by atoms with Crippen molar-refractivity contribution >= 4 is 5.91 Å². The van der Waals surface area contributed by atoms with E-state index in [9.17, 15) is 45.6 Å². The molecule has 410 valence electrons. The molecule has 0 aromatic carbocycles. The highest BCUT2D eigenvalue weighted by atomic mass is 16.7. The van der Waals surface area contributed by atoms with E-state index < -0.39 is 86.8 Å². The second-order valence-corrected chi connectivity index (χ2v) is 19.3. The number of ether oxygens (including phenoxy) is 4. The Morgan fingerprint density at radius 3 is 1.51 bits per heavy atom. The first-order valence-corrected chi connectivity index (χ1v) is 27.7. The van der Waals surface area contributed by atoms with Crippen molar-refractivity contribution in [3.8, 4) is 0 Å². The average Bonchev–Trinajstić information content (AvgIpc) is 3.37. The molecule has 0 saturated carbocycles. The number of carbonyl (C=O) groups excluding carboxylic acids is 1. The summed E-state index contributed by atoms with van der Waals surface area (Å²) in [4.78, 5) is 13.2. The van der Waals surface area contributed by atoms with Crippen molar-refractivity contribution in [3.63, 3.8) is 0 Å². The van der Waals surface area contributed by atoms with E-state index >= 15 is 0 Å². The third kappa shape index (κ3) is 29.2. The Morgan fingerprint density at radius 2 is 0.944 bits per heavy atom. The standard InChI is InChI=1S/C57H99NO13/c1-3-5-7-9-11-13-15-17-19-21-23-25-27-29-31-33-35-37-39-41-49(62)58-45(46(61)40-38-36-34-32-30-28-26-24-22-20-18-16-14-12-10-8-6-4-2)44-68-56-54(67)52(65)55(48(43-60)70-56)71-57-53(66)51(64)50(63)47(42-59)69-57/h11,13,17,19,22-25,30,32,38,40,45-48,50-57,59-61,63-67H,3-10,12,14-16,18,20-21,26-29,31,33-37,39,41-44H2,1-2H3,(H,58,62)/b13-11-,19-17-,24-22+,25-23-,32-30+,40-38+. The molecular formula is C57H99NO13. The molecule has 2 saturated heterocycles. The van der Waals surface area contributed by atoms with E-state index in [4.69, 9.17) is 18.9 Å². The number of rotatable bonds is 42. The Labute approximate surface area is 428 Å². The third-order valence-corrected chi connectivity index (χ3v) is 13.1. The highest BCUT2D eigenvalue weighted by Crippen LogP contribution is 2.30. The maximum Gasteiger partial charge on any atom is 0.220 e. The summed E-state index contributed by atoms with van der Waals surface area (Å²) in [5, 5.41) is 86.9. The van der Waals surface area contributed by atoms with Crippen LogP contribution < -0.4 is 5.32 Å². The summed E-state index contributed by atoms with van der Waals surface area (Å²) in [7, 11) is 0. The Hall–Kier alpha value is -2.57. The minimum Gasteiger partial charge on any atom is -0.394 e. The van der Waals surface area contributed by atoms with Crippen molar-refractivity contribution in [3.05, 3.63) is 72.9 Å². The number of allylic oxidation sites excluding steroid dienone is 11. The van der Waals surface area contributed by atoms with Gasteiger partial charge in [-0.25, -0.2) is 0 Å². The number of nitrogens with one attached hydrogen (secondary N) is 1. The monoisotopic (exact) mass is 1010 g/mol. The Bertz CT molecular complexity index is 1470. The minimum atomic E-state index is -1.80. The summed E-state index contributed by atoms with van der Waals surface area (Å²) in [6, 6.07) is -0.948. The van der Waals surface area contributed by atoms with Gasteiger partial charge in [-0.3, -0.25) is 4.79 Å². The largest absolute Gasteiger partial charge is 0.394 e. The molecule has 2 aliphatic heterocycles. The fourth-order valence-electron chi connectivity index (χ4n) is 8.56. The minimum absolute atomic E-state index is 0.252. The van der Waals surface area contributed by atoms with Gasteiger partial charge in [0, 0.05) is 6.42 Å². The molecule has 14 nitrogen and oxygen atoms in total.